The molecule has 21 heavy (non-hydrogen) atoms. The molecule has 0 saturated heterocycles. The topological polar surface area (TPSA) is 55.4 Å². The van der Waals surface area contributed by atoms with E-state index in [4.69, 9.17) is 11.6 Å². The van der Waals surface area contributed by atoms with Crippen LogP contribution in [-0.2, 0) is 4.74 Å². The van der Waals surface area contributed by atoms with Gasteiger partial charge in [-0.15, -0.1) is 11.3 Å². The van der Waals surface area contributed by atoms with E-state index in [-0.39, 0.29) is 16.1 Å². The Balaban J connectivity index is 2.34. The molecule has 0 aliphatic carbocycles. The second kappa shape index (κ2) is 6.24. The molecule has 0 atom stereocenters. The number of halogens is 2. The first-order valence-corrected chi connectivity index (χ1v) is 7.07. The standard InChI is InChI=1S/C14H11ClFNO3S/c1-7-6-8(14(19)20-2)13(21-7)17-12(18)11-9(15)4-3-5-10(11)16/h3-6H,1-2H3,(H,17,18). The van der Waals surface area contributed by atoms with Crippen molar-refractivity contribution in [3.8, 4) is 0 Å². The van der Waals surface area contributed by atoms with Crippen LogP contribution in [0.1, 0.15) is 25.6 Å². The highest BCUT2D eigenvalue weighted by Crippen LogP contribution is 2.29. The highest BCUT2D eigenvalue weighted by molar-refractivity contribution is 7.16. The lowest BCUT2D eigenvalue weighted by molar-refractivity contribution is 0.0602. The Hall–Kier alpha value is -1.92. The van der Waals surface area contributed by atoms with Crippen LogP contribution in [0.25, 0.3) is 0 Å². The zero-order valence-corrected chi connectivity index (χ0v) is 12.8. The molecule has 1 N–H and O–H groups in total. The molecule has 4 nitrogen and oxygen atoms in total. The molecular weight excluding hydrogens is 317 g/mol. The molecule has 0 aliphatic rings. The van der Waals surface area contributed by atoms with Gasteiger partial charge < -0.3 is 10.1 Å². The molecule has 0 radical (unpaired) electrons. The minimum atomic E-state index is -0.729. The van der Waals surface area contributed by atoms with Crippen molar-refractivity contribution in [2.45, 2.75) is 6.92 Å². The van der Waals surface area contributed by atoms with Gasteiger partial charge in [0.25, 0.3) is 5.91 Å². The lowest BCUT2D eigenvalue weighted by Gasteiger charge is -2.07. The van der Waals surface area contributed by atoms with Crippen molar-refractivity contribution in [3.63, 3.8) is 0 Å². The summed E-state index contributed by atoms with van der Waals surface area (Å²) < 4.78 is 18.3. The van der Waals surface area contributed by atoms with Crippen molar-refractivity contribution < 1.29 is 18.7 Å². The maximum Gasteiger partial charge on any atom is 0.340 e. The summed E-state index contributed by atoms with van der Waals surface area (Å²) in [6.45, 7) is 1.78. The molecular formula is C14H11ClFNO3S. The van der Waals surface area contributed by atoms with Gasteiger partial charge in [-0.25, -0.2) is 9.18 Å². The first kappa shape index (κ1) is 15.5. The molecule has 110 valence electrons. The average Bonchev–Trinajstić information content (AvgIpc) is 2.78. The number of ether oxygens (including phenoxy) is 1. The number of nitrogens with one attached hydrogen (secondary N) is 1. The number of benzene rings is 1. The molecule has 0 unspecified atom stereocenters. The molecule has 7 heteroatoms. The first-order chi connectivity index (χ1) is 9.93. The average molecular weight is 328 g/mol. The third-order valence-electron chi connectivity index (χ3n) is 2.68. The van der Waals surface area contributed by atoms with Crippen LogP contribution in [0.15, 0.2) is 24.3 Å². The van der Waals surface area contributed by atoms with E-state index < -0.39 is 17.7 Å². The summed E-state index contributed by atoms with van der Waals surface area (Å²) in [6, 6.07) is 5.56. The van der Waals surface area contributed by atoms with E-state index in [9.17, 15) is 14.0 Å². The van der Waals surface area contributed by atoms with Gasteiger partial charge in [0.2, 0.25) is 0 Å². The SMILES string of the molecule is COC(=O)c1cc(C)sc1NC(=O)c1c(F)cccc1Cl. The van der Waals surface area contributed by atoms with E-state index in [1.165, 1.54) is 30.6 Å². The van der Waals surface area contributed by atoms with Gasteiger partial charge in [0, 0.05) is 4.88 Å². The molecule has 1 aromatic carbocycles. The molecule has 0 saturated carbocycles. The molecule has 1 aromatic heterocycles. The third kappa shape index (κ3) is 3.22. The van der Waals surface area contributed by atoms with Crippen LogP contribution in [0.3, 0.4) is 0 Å². The van der Waals surface area contributed by atoms with Crippen molar-refractivity contribution in [2.75, 3.05) is 12.4 Å². The van der Waals surface area contributed by atoms with E-state index in [1.807, 2.05) is 0 Å². The third-order valence-corrected chi connectivity index (χ3v) is 3.96. The number of esters is 1. The lowest BCUT2D eigenvalue weighted by atomic mass is 10.2. The monoisotopic (exact) mass is 327 g/mol. The van der Waals surface area contributed by atoms with Crippen LogP contribution < -0.4 is 5.32 Å². The van der Waals surface area contributed by atoms with Gasteiger partial charge in [0.05, 0.1) is 23.3 Å². The van der Waals surface area contributed by atoms with Gasteiger partial charge in [-0.1, -0.05) is 17.7 Å². The second-order valence-corrected chi connectivity index (χ2v) is 5.81. The predicted molar refractivity (Wildman–Crippen MR) is 79.8 cm³/mol. The maximum atomic E-state index is 13.7. The van der Waals surface area contributed by atoms with Crippen molar-refractivity contribution >= 4 is 39.8 Å². The Kier molecular flexibility index (Phi) is 4.59. The second-order valence-electron chi connectivity index (χ2n) is 4.14. The fraction of sp³-hybridized carbons (Fsp3) is 0.143. The molecule has 0 fully saturated rings. The summed E-state index contributed by atoms with van der Waals surface area (Å²) >= 11 is 7.03. The van der Waals surface area contributed by atoms with Crippen LogP contribution in [-0.4, -0.2) is 19.0 Å². The molecule has 2 rings (SSSR count). The zero-order chi connectivity index (χ0) is 15.6. The van der Waals surface area contributed by atoms with Crippen LogP contribution in [0, 0.1) is 12.7 Å². The van der Waals surface area contributed by atoms with Crippen molar-refractivity contribution in [1.82, 2.24) is 0 Å². The summed E-state index contributed by atoms with van der Waals surface area (Å²) in [5.74, 6) is -2.02. The number of amides is 1. The van der Waals surface area contributed by atoms with Crippen LogP contribution in [0.4, 0.5) is 9.39 Å². The number of aryl methyl sites for hydroxylation is 1. The summed E-state index contributed by atoms with van der Waals surface area (Å²) in [5, 5.41) is 2.79. The number of methoxy groups -OCH3 is 1. The van der Waals surface area contributed by atoms with Gasteiger partial charge >= 0.3 is 5.97 Å². The fourth-order valence-corrected chi connectivity index (χ4v) is 2.89. The van der Waals surface area contributed by atoms with E-state index in [1.54, 1.807) is 13.0 Å². The smallest absolute Gasteiger partial charge is 0.340 e. The normalized spacial score (nSPS) is 10.3. The fourth-order valence-electron chi connectivity index (χ4n) is 1.75. The molecule has 0 bridgehead atoms. The summed E-state index contributed by atoms with van der Waals surface area (Å²) in [6.07, 6.45) is 0. The Morgan fingerprint density at radius 1 is 1.38 bits per heavy atom. The number of anilines is 1. The number of carbonyl (C=O) groups excluding carboxylic acids is 2. The largest absolute Gasteiger partial charge is 0.465 e. The van der Waals surface area contributed by atoms with Crippen molar-refractivity contribution in [2.24, 2.45) is 0 Å². The van der Waals surface area contributed by atoms with Crippen molar-refractivity contribution in [1.29, 1.82) is 0 Å². The number of hydrogen-bond acceptors (Lipinski definition) is 4. The number of rotatable bonds is 3. The van der Waals surface area contributed by atoms with E-state index in [0.717, 1.165) is 10.9 Å². The molecule has 2 aromatic rings. The van der Waals surface area contributed by atoms with E-state index >= 15 is 0 Å². The van der Waals surface area contributed by atoms with Gasteiger partial charge in [-0.2, -0.15) is 0 Å². The number of carbonyl (C=O) groups is 2. The number of thiophene rings is 1. The lowest BCUT2D eigenvalue weighted by Crippen LogP contribution is -2.15. The minimum Gasteiger partial charge on any atom is -0.465 e. The Morgan fingerprint density at radius 2 is 2.10 bits per heavy atom. The summed E-state index contributed by atoms with van der Waals surface area (Å²) in [4.78, 5) is 24.6. The first-order valence-electron chi connectivity index (χ1n) is 5.88. The summed E-state index contributed by atoms with van der Waals surface area (Å²) in [7, 11) is 1.24. The Morgan fingerprint density at radius 3 is 2.71 bits per heavy atom. The zero-order valence-electron chi connectivity index (χ0n) is 11.2. The highest BCUT2D eigenvalue weighted by atomic mass is 35.5. The van der Waals surface area contributed by atoms with Gasteiger partial charge in [-0.3, -0.25) is 4.79 Å². The highest BCUT2D eigenvalue weighted by Gasteiger charge is 2.21. The van der Waals surface area contributed by atoms with Gasteiger partial charge in [-0.05, 0) is 25.1 Å². The Labute approximate surface area is 129 Å². The van der Waals surface area contributed by atoms with Crippen LogP contribution in [0.5, 0.6) is 0 Å². The quantitative estimate of drug-likeness (QED) is 0.870. The Bertz CT molecular complexity index is 694. The van der Waals surface area contributed by atoms with E-state index in [2.05, 4.69) is 10.1 Å². The number of hydrogen-bond donors (Lipinski definition) is 1. The molecule has 0 spiro atoms. The maximum absolute atomic E-state index is 13.7. The van der Waals surface area contributed by atoms with Gasteiger partial charge in [0.1, 0.15) is 10.8 Å². The van der Waals surface area contributed by atoms with Gasteiger partial charge in [0.15, 0.2) is 0 Å². The molecule has 1 amide bonds. The summed E-state index contributed by atoms with van der Waals surface area (Å²) in [5.41, 5.74) is -0.0400. The van der Waals surface area contributed by atoms with Crippen LogP contribution in [0.2, 0.25) is 5.02 Å². The minimum absolute atomic E-state index is 0.000367. The van der Waals surface area contributed by atoms with E-state index in [0.29, 0.717) is 5.00 Å². The van der Waals surface area contributed by atoms with Crippen molar-refractivity contribution in [3.05, 3.63) is 51.1 Å². The molecule has 1 heterocycles. The predicted octanol–water partition coefficient (Wildman–Crippen LogP) is 3.89. The molecule has 0 aliphatic heterocycles. The van der Waals surface area contributed by atoms with Crippen LogP contribution >= 0.6 is 22.9 Å².